The Morgan fingerprint density at radius 3 is 2.56 bits per heavy atom. The van der Waals surface area contributed by atoms with Crippen LogP contribution in [0.15, 0.2) is 54.6 Å². The molecule has 2 amide bonds. The summed E-state index contributed by atoms with van der Waals surface area (Å²) in [5.74, 6) is -0.0540. The number of amides is 2. The Bertz CT molecular complexity index is 1090. The number of likely N-dealkylation sites (tertiary alicyclic amines) is 1. The molecule has 0 saturated carbocycles. The zero-order chi connectivity index (χ0) is 22.5. The van der Waals surface area contributed by atoms with Gasteiger partial charge in [0.2, 0.25) is 0 Å². The van der Waals surface area contributed by atoms with E-state index in [0.29, 0.717) is 25.3 Å². The van der Waals surface area contributed by atoms with Gasteiger partial charge in [-0.2, -0.15) is 5.10 Å². The van der Waals surface area contributed by atoms with E-state index in [2.05, 4.69) is 15.5 Å². The summed E-state index contributed by atoms with van der Waals surface area (Å²) in [7, 11) is 0. The molecule has 8 heteroatoms. The first-order valence-electron chi connectivity index (χ1n) is 10.7. The first kappa shape index (κ1) is 21.5. The first-order valence-corrected chi connectivity index (χ1v) is 10.7. The number of nitrogens with zero attached hydrogens (tertiary/aromatic N) is 2. The number of H-pyrrole nitrogens is 1. The average Bonchev–Trinajstić information content (AvgIpc) is 3.32. The average molecular weight is 436 g/mol. The summed E-state index contributed by atoms with van der Waals surface area (Å²) in [6.45, 7) is 3.74. The second-order valence-corrected chi connectivity index (χ2v) is 7.67. The van der Waals surface area contributed by atoms with Gasteiger partial charge < -0.3 is 15.0 Å². The molecule has 0 atom stereocenters. The number of piperidine rings is 1. The first-order chi connectivity index (χ1) is 15.5. The third kappa shape index (κ3) is 4.80. The summed E-state index contributed by atoms with van der Waals surface area (Å²) in [6, 6.07) is 14.9. The molecule has 166 valence electrons. The van der Waals surface area contributed by atoms with E-state index in [-0.39, 0.29) is 23.2 Å². The van der Waals surface area contributed by atoms with Crippen molar-refractivity contribution in [2.24, 2.45) is 0 Å². The van der Waals surface area contributed by atoms with Crippen LogP contribution in [-0.4, -0.2) is 46.6 Å². The number of aromatic amines is 1. The maximum Gasteiger partial charge on any atom is 0.276 e. The Labute approximate surface area is 185 Å². The lowest BCUT2D eigenvalue weighted by atomic mass is 9.93. The molecule has 3 aromatic rings. The van der Waals surface area contributed by atoms with Gasteiger partial charge in [-0.1, -0.05) is 12.1 Å². The minimum atomic E-state index is -0.499. The number of para-hydroxylation sites is 1. The van der Waals surface area contributed by atoms with Gasteiger partial charge in [-0.25, -0.2) is 4.39 Å². The standard InChI is InChI=1S/C24H25FN4O3/c1-2-32-18-9-7-17(8-10-18)24(31)29-13-11-16(12-14-29)21-15-22(28-27-21)23(30)26-20-6-4-3-5-19(20)25/h3-10,15-16H,2,11-14H2,1H3,(H,26,30)(H,27,28). The number of carbonyl (C=O) groups is 2. The number of anilines is 1. The molecule has 0 bridgehead atoms. The fourth-order valence-corrected chi connectivity index (χ4v) is 3.85. The van der Waals surface area contributed by atoms with E-state index in [9.17, 15) is 14.0 Å². The van der Waals surface area contributed by atoms with Crippen LogP contribution in [0.3, 0.4) is 0 Å². The molecule has 7 nitrogen and oxygen atoms in total. The predicted octanol–water partition coefficient (Wildman–Crippen LogP) is 4.22. The molecule has 4 rings (SSSR count). The number of aromatic nitrogens is 2. The van der Waals surface area contributed by atoms with E-state index in [0.717, 1.165) is 24.3 Å². The maximum atomic E-state index is 13.8. The second kappa shape index (κ2) is 9.64. The summed E-state index contributed by atoms with van der Waals surface area (Å²) in [5, 5.41) is 9.56. The molecule has 0 unspecified atom stereocenters. The largest absolute Gasteiger partial charge is 0.494 e. The van der Waals surface area contributed by atoms with Gasteiger partial charge in [0.1, 0.15) is 11.6 Å². The van der Waals surface area contributed by atoms with Crippen molar-refractivity contribution in [3.8, 4) is 5.75 Å². The highest BCUT2D eigenvalue weighted by molar-refractivity contribution is 6.03. The fraction of sp³-hybridized carbons (Fsp3) is 0.292. The van der Waals surface area contributed by atoms with Gasteiger partial charge in [-0.3, -0.25) is 14.7 Å². The van der Waals surface area contributed by atoms with Crippen LogP contribution in [0.1, 0.15) is 52.2 Å². The summed E-state index contributed by atoms with van der Waals surface area (Å²) in [4.78, 5) is 27.0. The third-order valence-electron chi connectivity index (χ3n) is 5.59. The van der Waals surface area contributed by atoms with Crippen molar-refractivity contribution >= 4 is 17.5 Å². The molecule has 32 heavy (non-hydrogen) atoms. The normalized spacial score (nSPS) is 14.2. The topological polar surface area (TPSA) is 87.3 Å². The Hall–Kier alpha value is -3.68. The number of halogens is 1. The molecule has 0 spiro atoms. The van der Waals surface area contributed by atoms with Gasteiger partial charge >= 0.3 is 0 Å². The second-order valence-electron chi connectivity index (χ2n) is 7.67. The quantitative estimate of drug-likeness (QED) is 0.606. The Kier molecular flexibility index (Phi) is 6.49. The summed E-state index contributed by atoms with van der Waals surface area (Å²) in [5.41, 5.74) is 1.80. The maximum absolute atomic E-state index is 13.8. The fourth-order valence-electron chi connectivity index (χ4n) is 3.85. The molecule has 0 radical (unpaired) electrons. The molecule has 1 saturated heterocycles. The van der Waals surface area contributed by atoms with Crippen molar-refractivity contribution < 1.29 is 18.7 Å². The van der Waals surface area contributed by atoms with Crippen LogP contribution in [0.5, 0.6) is 5.75 Å². The molecule has 2 N–H and O–H groups in total. The summed E-state index contributed by atoms with van der Waals surface area (Å²) >= 11 is 0. The molecule has 0 aliphatic carbocycles. The van der Waals surface area contributed by atoms with Crippen LogP contribution in [0.4, 0.5) is 10.1 Å². The van der Waals surface area contributed by atoms with Crippen molar-refractivity contribution in [3.63, 3.8) is 0 Å². The lowest BCUT2D eigenvalue weighted by Crippen LogP contribution is -2.38. The number of nitrogens with one attached hydrogen (secondary N) is 2. The monoisotopic (exact) mass is 436 g/mol. The Balaban J connectivity index is 1.33. The van der Waals surface area contributed by atoms with Gasteiger partial charge in [0, 0.05) is 30.3 Å². The van der Waals surface area contributed by atoms with E-state index >= 15 is 0 Å². The van der Waals surface area contributed by atoms with Crippen molar-refractivity contribution in [3.05, 3.63) is 77.4 Å². The highest BCUT2D eigenvalue weighted by Crippen LogP contribution is 2.28. The van der Waals surface area contributed by atoms with E-state index in [1.807, 2.05) is 24.0 Å². The molecule has 1 aromatic heterocycles. The minimum absolute atomic E-state index is 0.000985. The molecule has 1 aliphatic heterocycles. The molecular weight excluding hydrogens is 411 g/mol. The lowest BCUT2D eigenvalue weighted by molar-refractivity contribution is 0.0712. The van der Waals surface area contributed by atoms with E-state index < -0.39 is 11.7 Å². The molecule has 1 aliphatic rings. The number of hydrogen-bond acceptors (Lipinski definition) is 4. The van der Waals surface area contributed by atoms with E-state index in [1.54, 1.807) is 30.3 Å². The number of rotatable bonds is 6. The van der Waals surface area contributed by atoms with E-state index in [4.69, 9.17) is 4.74 Å². The Morgan fingerprint density at radius 1 is 1.16 bits per heavy atom. The van der Waals surface area contributed by atoms with Gasteiger partial charge in [-0.05, 0) is 62.2 Å². The number of benzene rings is 2. The summed E-state index contributed by atoms with van der Waals surface area (Å²) in [6.07, 6.45) is 1.53. The minimum Gasteiger partial charge on any atom is -0.494 e. The van der Waals surface area contributed by atoms with Gasteiger partial charge in [0.15, 0.2) is 5.69 Å². The zero-order valence-corrected chi connectivity index (χ0v) is 17.8. The highest BCUT2D eigenvalue weighted by Gasteiger charge is 2.26. The van der Waals surface area contributed by atoms with Crippen molar-refractivity contribution in [1.29, 1.82) is 0 Å². The molecule has 2 heterocycles. The van der Waals surface area contributed by atoms with Crippen LogP contribution in [0.2, 0.25) is 0 Å². The molecule has 1 fully saturated rings. The van der Waals surface area contributed by atoms with Crippen LogP contribution >= 0.6 is 0 Å². The van der Waals surface area contributed by atoms with Gasteiger partial charge in [0.25, 0.3) is 11.8 Å². The van der Waals surface area contributed by atoms with Gasteiger partial charge in [0.05, 0.1) is 12.3 Å². The number of carbonyl (C=O) groups excluding carboxylic acids is 2. The third-order valence-corrected chi connectivity index (χ3v) is 5.59. The molecular formula is C24H25FN4O3. The highest BCUT2D eigenvalue weighted by atomic mass is 19.1. The summed E-state index contributed by atoms with van der Waals surface area (Å²) < 4.78 is 19.2. The lowest BCUT2D eigenvalue weighted by Gasteiger charge is -2.31. The van der Waals surface area contributed by atoms with Crippen LogP contribution < -0.4 is 10.1 Å². The SMILES string of the molecule is CCOc1ccc(C(=O)N2CCC(c3cc(C(=O)Nc4ccccc4F)n[nH]3)CC2)cc1. The van der Waals surface area contributed by atoms with Crippen LogP contribution in [0.25, 0.3) is 0 Å². The van der Waals surface area contributed by atoms with Gasteiger partial charge in [-0.15, -0.1) is 0 Å². The Morgan fingerprint density at radius 2 is 1.88 bits per heavy atom. The zero-order valence-electron chi connectivity index (χ0n) is 17.8. The van der Waals surface area contributed by atoms with Crippen molar-refractivity contribution in [2.45, 2.75) is 25.7 Å². The van der Waals surface area contributed by atoms with E-state index in [1.165, 1.54) is 12.1 Å². The van der Waals surface area contributed by atoms with Crippen molar-refractivity contribution in [1.82, 2.24) is 15.1 Å². The number of ether oxygens (including phenoxy) is 1. The molecule has 2 aromatic carbocycles. The van der Waals surface area contributed by atoms with Crippen molar-refractivity contribution in [2.75, 3.05) is 25.0 Å². The predicted molar refractivity (Wildman–Crippen MR) is 118 cm³/mol. The van der Waals surface area contributed by atoms with Crippen LogP contribution in [-0.2, 0) is 0 Å². The van der Waals surface area contributed by atoms with Crippen LogP contribution in [0, 0.1) is 5.82 Å². The smallest absolute Gasteiger partial charge is 0.276 e. The number of hydrogen-bond donors (Lipinski definition) is 2.